The summed E-state index contributed by atoms with van der Waals surface area (Å²) in [5.41, 5.74) is 0.526. The van der Waals surface area contributed by atoms with Crippen molar-refractivity contribution in [1.29, 1.82) is 0 Å². The Bertz CT molecular complexity index is 549. The fraction of sp³-hybridized carbons (Fsp3) is 0.562. The molecule has 1 N–H and O–H groups in total. The predicted octanol–water partition coefficient (Wildman–Crippen LogP) is 2.59. The van der Waals surface area contributed by atoms with Crippen molar-refractivity contribution >= 4 is 11.7 Å². The van der Waals surface area contributed by atoms with Crippen LogP contribution in [0.4, 0.5) is 10.1 Å². The van der Waals surface area contributed by atoms with Gasteiger partial charge in [-0.05, 0) is 44.5 Å². The number of fused-ring (bicyclic) bond motifs is 1. The first-order chi connectivity index (χ1) is 10.1. The molecule has 0 aliphatic carbocycles. The number of carboxylic acid groups (broad SMARTS) is 1. The molecule has 114 valence electrons. The molecule has 0 radical (unpaired) electrons. The zero-order valence-electron chi connectivity index (χ0n) is 12.3. The first kappa shape index (κ1) is 14.3. The minimum Gasteiger partial charge on any atom is -0.478 e. The summed E-state index contributed by atoms with van der Waals surface area (Å²) in [6.45, 7) is 5.02. The fourth-order valence-corrected chi connectivity index (χ4v) is 3.56. The fourth-order valence-electron chi connectivity index (χ4n) is 3.56. The van der Waals surface area contributed by atoms with Crippen molar-refractivity contribution in [3.05, 3.63) is 29.6 Å². The summed E-state index contributed by atoms with van der Waals surface area (Å²) in [4.78, 5) is 15.5. The number of rotatable bonds is 2. The lowest BCUT2D eigenvalue weighted by Crippen LogP contribution is -2.59. The SMILES string of the molecule is CC1CN2CCCCC2CN1c1ccc(C(=O)O)cc1F. The van der Waals surface area contributed by atoms with E-state index in [1.165, 1.54) is 18.9 Å². The van der Waals surface area contributed by atoms with E-state index in [-0.39, 0.29) is 11.6 Å². The van der Waals surface area contributed by atoms with E-state index in [1.807, 2.05) is 0 Å². The minimum absolute atomic E-state index is 0.000190. The Kier molecular flexibility index (Phi) is 3.85. The summed E-state index contributed by atoms with van der Waals surface area (Å²) in [6, 6.07) is 4.95. The maximum Gasteiger partial charge on any atom is 0.335 e. The molecule has 0 amide bonds. The van der Waals surface area contributed by atoms with Crippen molar-refractivity contribution in [2.45, 2.75) is 38.3 Å². The molecule has 0 bridgehead atoms. The molecule has 3 rings (SSSR count). The number of piperazine rings is 1. The lowest BCUT2D eigenvalue weighted by atomic mass is 9.96. The number of benzene rings is 1. The Morgan fingerprint density at radius 1 is 1.33 bits per heavy atom. The number of aromatic carboxylic acids is 1. The monoisotopic (exact) mass is 292 g/mol. The summed E-state index contributed by atoms with van der Waals surface area (Å²) < 4.78 is 14.3. The molecule has 2 saturated heterocycles. The molecule has 21 heavy (non-hydrogen) atoms. The van der Waals surface area contributed by atoms with E-state index in [0.29, 0.717) is 11.7 Å². The van der Waals surface area contributed by atoms with E-state index in [9.17, 15) is 9.18 Å². The highest BCUT2D eigenvalue weighted by Crippen LogP contribution is 2.30. The van der Waals surface area contributed by atoms with Crippen molar-refractivity contribution < 1.29 is 14.3 Å². The number of carbonyl (C=O) groups is 1. The second-order valence-corrected chi connectivity index (χ2v) is 6.12. The zero-order chi connectivity index (χ0) is 15.0. The molecule has 2 aliphatic rings. The number of hydrogen-bond donors (Lipinski definition) is 1. The Labute approximate surface area is 124 Å². The second-order valence-electron chi connectivity index (χ2n) is 6.12. The van der Waals surface area contributed by atoms with Gasteiger partial charge in [-0.1, -0.05) is 6.42 Å². The summed E-state index contributed by atoms with van der Waals surface area (Å²) in [5.74, 6) is -1.53. The van der Waals surface area contributed by atoms with Crippen molar-refractivity contribution in [3.8, 4) is 0 Å². The molecular weight excluding hydrogens is 271 g/mol. The molecule has 2 unspecified atom stereocenters. The average Bonchev–Trinajstić information content (AvgIpc) is 2.46. The minimum atomic E-state index is -1.09. The van der Waals surface area contributed by atoms with E-state index in [0.717, 1.165) is 32.1 Å². The van der Waals surface area contributed by atoms with Gasteiger partial charge < -0.3 is 10.0 Å². The second kappa shape index (κ2) is 5.64. The van der Waals surface area contributed by atoms with Crippen LogP contribution in [-0.2, 0) is 0 Å². The number of halogens is 1. The molecule has 2 heterocycles. The van der Waals surface area contributed by atoms with Crippen LogP contribution in [0, 0.1) is 5.82 Å². The molecule has 2 atom stereocenters. The van der Waals surface area contributed by atoms with E-state index in [2.05, 4.69) is 16.7 Å². The zero-order valence-corrected chi connectivity index (χ0v) is 12.3. The standard InChI is InChI=1S/C16H21FN2O2/c1-11-9-18-7-3-2-4-13(18)10-19(11)15-6-5-12(16(20)21)8-14(15)17/h5-6,8,11,13H,2-4,7,9-10H2,1H3,(H,20,21). The van der Waals surface area contributed by atoms with Crippen LogP contribution < -0.4 is 4.90 Å². The summed E-state index contributed by atoms with van der Waals surface area (Å²) >= 11 is 0. The number of hydrogen-bond acceptors (Lipinski definition) is 3. The van der Waals surface area contributed by atoms with E-state index >= 15 is 0 Å². The van der Waals surface area contributed by atoms with Crippen molar-refractivity contribution in [2.75, 3.05) is 24.5 Å². The number of carboxylic acids is 1. The van der Waals surface area contributed by atoms with Gasteiger partial charge in [-0.25, -0.2) is 9.18 Å². The van der Waals surface area contributed by atoms with Gasteiger partial charge in [0.05, 0.1) is 11.3 Å². The lowest BCUT2D eigenvalue weighted by Gasteiger charge is -2.48. The van der Waals surface area contributed by atoms with E-state index < -0.39 is 11.8 Å². The molecule has 0 saturated carbocycles. The number of anilines is 1. The van der Waals surface area contributed by atoms with Crippen LogP contribution in [0.25, 0.3) is 0 Å². The van der Waals surface area contributed by atoms with E-state index in [1.54, 1.807) is 6.07 Å². The van der Waals surface area contributed by atoms with Gasteiger partial charge in [0.15, 0.2) is 0 Å². The van der Waals surface area contributed by atoms with Crippen LogP contribution >= 0.6 is 0 Å². The molecule has 1 aromatic carbocycles. The van der Waals surface area contributed by atoms with Crippen LogP contribution in [0.1, 0.15) is 36.5 Å². The average molecular weight is 292 g/mol. The molecular formula is C16H21FN2O2. The van der Waals surface area contributed by atoms with Gasteiger partial charge in [-0.3, -0.25) is 4.90 Å². The molecule has 4 nitrogen and oxygen atoms in total. The third kappa shape index (κ3) is 2.75. The third-order valence-corrected chi connectivity index (χ3v) is 4.69. The van der Waals surface area contributed by atoms with Gasteiger partial charge in [-0.2, -0.15) is 0 Å². The van der Waals surface area contributed by atoms with Crippen LogP contribution in [0.2, 0.25) is 0 Å². The first-order valence-corrected chi connectivity index (χ1v) is 7.60. The largest absolute Gasteiger partial charge is 0.478 e. The maximum atomic E-state index is 14.3. The highest BCUT2D eigenvalue weighted by atomic mass is 19.1. The summed E-state index contributed by atoms with van der Waals surface area (Å²) in [6.07, 6.45) is 3.66. The molecule has 2 aliphatic heterocycles. The van der Waals surface area contributed by atoms with Gasteiger partial charge >= 0.3 is 5.97 Å². The first-order valence-electron chi connectivity index (χ1n) is 7.60. The highest BCUT2D eigenvalue weighted by Gasteiger charge is 2.33. The quantitative estimate of drug-likeness (QED) is 0.910. The highest BCUT2D eigenvalue weighted by molar-refractivity contribution is 5.88. The number of nitrogens with zero attached hydrogens (tertiary/aromatic N) is 2. The Morgan fingerprint density at radius 2 is 2.14 bits per heavy atom. The third-order valence-electron chi connectivity index (χ3n) is 4.69. The Balaban J connectivity index is 1.84. The van der Waals surface area contributed by atoms with Gasteiger partial charge in [0.1, 0.15) is 5.82 Å². The molecule has 2 fully saturated rings. The topological polar surface area (TPSA) is 43.8 Å². The van der Waals surface area contributed by atoms with Gasteiger partial charge in [0.2, 0.25) is 0 Å². The molecule has 5 heteroatoms. The van der Waals surface area contributed by atoms with E-state index in [4.69, 9.17) is 5.11 Å². The van der Waals surface area contributed by atoms with Gasteiger partial charge in [-0.15, -0.1) is 0 Å². The normalized spacial score (nSPS) is 26.5. The Morgan fingerprint density at radius 3 is 2.86 bits per heavy atom. The number of piperidine rings is 1. The maximum absolute atomic E-state index is 14.3. The predicted molar refractivity (Wildman–Crippen MR) is 79.4 cm³/mol. The van der Waals surface area contributed by atoms with Crippen LogP contribution in [-0.4, -0.2) is 47.7 Å². The molecule has 1 aromatic rings. The molecule has 0 aromatic heterocycles. The summed E-state index contributed by atoms with van der Waals surface area (Å²) in [7, 11) is 0. The van der Waals surface area contributed by atoms with Gasteiger partial charge in [0, 0.05) is 25.2 Å². The van der Waals surface area contributed by atoms with Crippen molar-refractivity contribution in [1.82, 2.24) is 4.90 Å². The van der Waals surface area contributed by atoms with Crippen LogP contribution in [0.5, 0.6) is 0 Å². The lowest BCUT2D eigenvalue weighted by molar-refractivity contribution is 0.0696. The van der Waals surface area contributed by atoms with Crippen LogP contribution in [0.15, 0.2) is 18.2 Å². The van der Waals surface area contributed by atoms with Crippen LogP contribution in [0.3, 0.4) is 0 Å². The molecule has 0 spiro atoms. The van der Waals surface area contributed by atoms with Gasteiger partial charge in [0.25, 0.3) is 0 Å². The Hall–Kier alpha value is -1.62. The summed E-state index contributed by atoms with van der Waals surface area (Å²) in [5, 5.41) is 8.93. The van der Waals surface area contributed by atoms with Crippen molar-refractivity contribution in [2.24, 2.45) is 0 Å². The van der Waals surface area contributed by atoms with Crippen molar-refractivity contribution in [3.63, 3.8) is 0 Å². The smallest absolute Gasteiger partial charge is 0.335 e.